The molecule has 0 bridgehead atoms. The molecule has 1 fully saturated rings. The zero-order valence-corrected chi connectivity index (χ0v) is 14.9. The van der Waals surface area contributed by atoms with E-state index in [9.17, 15) is 8.42 Å². The molecule has 1 aliphatic heterocycles. The highest BCUT2D eigenvalue weighted by Gasteiger charge is 2.36. The number of pyridine rings is 1. The van der Waals surface area contributed by atoms with Crippen molar-refractivity contribution in [1.82, 2.24) is 24.5 Å². The van der Waals surface area contributed by atoms with Gasteiger partial charge in [0.05, 0.1) is 10.9 Å². The predicted molar refractivity (Wildman–Crippen MR) is 96.5 cm³/mol. The lowest BCUT2D eigenvalue weighted by Crippen LogP contribution is -2.39. The average molecular weight is 369 g/mol. The van der Waals surface area contributed by atoms with Gasteiger partial charge >= 0.3 is 0 Å². The smallest absolute Gasteiger partial charge is 0.243 e. The van der Waals surface area contributed by atoms with Crippen molar-refractivity contribution < 1.29 is 8.42 Å². The van der Waals surface area contributed by atoms with Crippen LogP contribution in [0.5, 0.6) is 0 Å². The van der Waals surface area contributed by atoms with Crippen LogP contribution in [0.4, 0.5) is 0 Å². The summed E-state index contributed by atoms with van der Waals surface area (Å²) in [5.41, 5.74) is 0.843. The Morgan fingerprint density at radius 1 is 1.04 bits per heavy atom. The van der Waals surface area contributed by atoms with Crippen LogP contribution in [0.25, 0.3) is 11.4 Å². The van der Waals surface area contributed by atoms with Crippen molar-refractivity contribution in [2.24, 2.45) is 0 Å². The third-order valence-corrected chi connectivity index (χ3v) is 6.48. The molecule has 1 aromatic carbocycles. The van der Waals surface area contributed by atoms with E-state index in [0.717, 1.165) is 24.8 Å². The number of nitrogens with one attached hydrogen (secondary N) is 1. The molecule has 0 saturated carbocycles. The maximum atomic E-state index is 13.1. The van der Waals surface area contributed by atoms with Crippen molar-refractivity contribution in [3.05, 3.63) is 60.7 Å². The van der Waals surface area contributed by atoms with Crippen LogP contribution in [0.15, 0.2) is 59.8 Å². The van der Waals surface area contributed by atoms with Gasteiger partial charge in [-0.1, -0.05) is 24.6 Å². The van der Waals surface area contributed by atoms with E-state index in [1.54, 1.807) is 41.0 Å². The zero-order chi connectivity index (χ0) is 18.0. The molecule has 4 rings (SSSR count). The SMILES string of the molecule is O=S(=O)(c1ccccc1)N1CCCCC1c1nc(-c2ccncc2)n[nH]1. The van der Waals surface area contributed by atoms with Crippen molar-refractivity contribution in [1.29, 1.82) is 0 Å². The van der Waals surface area contributed by atoms with Gasteiger partial charge in [0.2, 0.25) is 10.0 Å². The molecule has 1 unspecified atom stereocenters. The van der Waals surface area contributed by atoms with E-state index in [1.807, 2.05) is 18.2 Å². The van der Waals surface area contributed by atoms with Crippen molar-refractivity contribution in [2.75, 3.05) is 6.54 Å². The first-order valence-corrected chi connectivity index (χ1v) is 10.00. The fourth-order valence-corrected chi connectivity index (χ4v) is 4.93. The van der Waals surface area contributed by atoms with E-state index in [1.165, 1.54) is 0 Å². The number of rotatable bonds is 4. The molecule has 0 aliphatic carbocycles. The maximum absolute atomic E-state index is 13.1. The summed E-state index contributed by atoms with van der Waals surface area (Å²) in [4.78, 5) is 8.86. The number of nitrogens with zero attached hydrogens (tertiary/aromatic N) is 4. The molecule has 2 aromatic heterocycles. The Morgan fingerprint density at radius 2 is 1.81 bits per heavy atom. The molecular formula is C18H19N5O2S. The van der Waals surface area contributed by atoms with Gasteiger partial charge in [-0.3, -0.25) is 10.1 Å². The van der Waals surface area contributed by atoms with E-state index in [0.29, 0.717) is 23.1 Å². The lowest BCUT2D eigenvalue weighted by molar-refractivity contribution is 0.247. The molecule has 8 heteroatoms. The Morgan fingerprint density at radius 3 is 2.58 bits per heavy atom. The summed E-state index contributed by atoms with van der Waals surface area (Å²) < 4.78 is 27.8. The van der Waals surface area contributed by atoms with Crippen molar-refractivity contribution in [2.45, 2.75) is 30.2 Å². The van der Waals surface area contributed by atoms with E-state index in [-0.39, 0.29) is 6.04 Å². The number of hydrogen-bond donors (Lipinski definition) is 1. The Bertz CT molecular complexity index is 973. The highest BCUT2D eigenvalue weighted by atomic mass is 32.2. The number of H-pyrrole nitrogens is 1. The lowest BCUT2D eigenvalue weighted by Gasteiger charge is -2.33. The molecule has 0 radical (unpaired) electrons. The van der Waals surface area contributed by atoms with Crippen molar-refractivity contribution >= 4 is 10.0 Å². The van der Waals surface area contributed by atoms with Gasteiger partial charge in [0.15, 0.2) is 5.82 Å². The summed E-state index contributed by atoms with van der Waals surface area (Å²) in [5, 5.41) is 7.21. The minimum atomic E-state index is -3.58. The van der Waals surface area contributed by atoms with Gasteiger partial charge in [0, 0.05) is 24.5 Å². The van der Waals surface area contributed by atoms with Gasteiger partial charge < -0.3 is 0 Å². The van der Waals surface area contributed by atoms with E-state index < -0.39 is 10.0 Å². The van der Waals surface area contributed by atoms with Crippen molar-refractivity contribution in [3.8, 4) is 11.4 Å². The second-order valence-electron chi connectivity index (χ2n) is 6.22. The Balaban J connectivity index is 1.68. The number of sulfonamides is 1. The minimum Gasteiger partial charge on any atom is -0.265 e. The summed E-state index contributed by atoms with van der Waals surface area (Å²) in [6.07, 6.45) is 5.87. The monoisotopic (exact) mass is 369 g/mol. The Kier molecular flexibility index (Phi) is 4.52. The largest absolute Gasteiger partial charge is 0.265 e. The first kappa shape index (κ1) is 16.9. The first-order valence-electron chi connectivity index (χ1n) is 8.56. The zero-order valence-electron chi connectivity index (χ0n) is 14.1. The molecule has 0 spiro atoms. The number of hydrogen-bond acceptors (Lipinski definition) is 5. The van der Waals surface area contributed by atoms with Crippen LogP contribution in [0.3, 0.4) is 0 Å². The highest BCUT2D eigenvalue weighted by Crippen LogP contribution is 2.34. The molecule has 1 N–H and O–H groups in total. The molecule has 7 nitrogen and oxygen atoms in total. The topological polar surface area (TPSA) is 91.8 Å². The molecule has 1 atom stereocenters. The van der Waals surface area contributed by atoms with Gasteiger partial charge in [-0.2, -0.15) is 9.40 Å². The van der Waals surface area contributed by atoms with E-state index in [2.05, 4.69) is 20.2 Å². The van der Waals surface area contributed by atoms with Gasteiger partial charge in [-0.15, -0.1) is 0 Å². The number of aromatic nitrogens is 4. The predicted octanol–water partition coefficient (Wildman–Crippen LogP) is 2.78. The summed E-state index contributed by atoms with van der Waals surface area (Å²) in [6, 6.07) is 11.9. The van der Waals surface area contributed by atoms with Gasteiger partial charge in [0.1, 0.15) is 5.82 Å². The number of piperidine rings is 1. The molecule has 0 amide bonds. The highest BCUT2D eigenvalue weighted by molar-refractivity contribution is 7.89. The van der Waals surface area contributed by atoms with Crippen LogP contribution in [0.2, 0.25) is 0 Å². The molecule has 26 heavy (non-hydrogen) atoms. The second kappa shape index (κ2) is 6.97. The molecule has 1 saturated heterocycles. The fourth-order valence-electron chi connectivity index (χ4n) is 3.25. The summed E-state index contributed by atoms with van der Waals surface area (Å²) in [7, 11) is -3.58. The van der Waals surface area contributed by atoms with Crippen LogP contribution in [0.1, 0.15) is 31.1 Å². The number of aromatic amines is 1. The number of benzene rings is 1. The van der Waals surface area contributed by atoms with Gasteiger partial charge in [0.25, 0.3) is 0 Å². The third kappa shape index (κ3) is 3.13. The summed E-state index contributed by atoms with van der Waals surface area (Å²) in [6.45, 7) is 0.479. The van der Waals surface area contributed by atoms with Crippen LogP contribution < -0.4 is 0 Å². The van der Waals surface area contributed by atoms with Crippen LogP contribution >= 0.6 is 0 Å². The van der Waals surface area contributed by atoms with Gasteiger partial charge in [-0.25, -0.2) is 13.4 Å². The average Bonchev–Trinajstić information content (AvgIpc) is 3.19. The second-order valence-corrected chi connectivity index (χ2v) is 8.11. The molecule has 1 aliphatic rings. The quantitative estimate of drug-likeness (QED) is 0.763. The third-order valence-electron chi connectivity index (χ3n) is 4.56. The molecule has 134 valence electrons. The molecular weight excluding hydrogens is 350 g/mol. The van der Waals surface area contributed by atoms with Crippen molar-refractivity contribution in [3.63, 3.8) is 0 Å². The summed E-state index contributed by atoms with van der Waals surface area (Å²) >= 11 is 0. The summed E-state index contributed by atoms with van der Waals surface area (Å²) in [5.74, 6) is 1.13. The van der Waals surface area contributed by atoms with Gasteiger partial charge in [-0.05, 0) is 37.1 Å². The van der Waals surface area contributed by atoms with E-state index >= 15 is 0 Å². The molecule has 3 aromatic rings. The minimum absolute atomic E-state index is 0.306. The van der Waals surface area contributed by atoms with E-state index in [4.69, 9.17) is 0 Å². The fraction of sp³-hybridized carbons (Fsp3) is 0.278. The normalized spacial score (nSPS) is 18.7. The lowest BCUT2D eigenvalue weighted by atomic mass is 10.0. The Labute approximate surface area is 152 Å². The molecule has 3 heterocycles. The van der Waals surface area contributed by atoms with Crippen LogP contribution in [-0.4, -0.2) is 39.4 Å². The maximum Gasteiger partial charge on any atom is 0.243 e. The van der Waals surface area contributed by atoms with Crippen LogP contribution in [0, 0.1) is 0 Å². The first-order chi connectivity index (χ1) is 12.7. The van der Waals surface area contributed by atoms with Crippen LogP contribution in [-0.2, 0) is 10.0 Å². The Hall–Kier alpha value is -2.58. The standard InChI is InChI=1S/C18H19N5O2S/c24-26(25,15-6-2-1-3-7-15)23-13-5-4-8-16(23)18-20-17(21-22-18)14-9-11-19-12-10-14/h1-3,6-7,9-12,16H,4-5,8,13H2,(H,20,21,22).